The van der Waals surface area contributed by atoms with Crippen LogP contribution in [-0.4, -0.2) is 97.9 Å². The van der Waals surface area contributed by atoms with Crippen LogP contribution >= 0.6 is 0 Å². The Kier molecular flexibility index (Phi) is 16.1. The van der Waals surface area contributed by atoms with E-state index in [1.165, 1.54) is 34.1 Å². The van der Waals surface area contributed by atoms with Gasteiger partial charge in [-0.15, -0.1) is 0 Å². The Morgan fingerprint density at radius 2 is 1.00 bits per heavy atom. The minimum atomic E-state index is -0.302. The average molecular weight is 731 g/mol. The highest BCUT2D eigenvalue weighted by Gasteiger charge is 2.25. The molecule has 4 rings (SSSR count). The van der Waals surface area contributed by atoms with Crippen molar-refractivity contribution >= 4 is 35.4 Å². The van der Waals surface area contributed by atoms with E-state index in [1.54, 1.807) is 0 Å². The van der Waals surface area contributed by atoms with E-state index in [0.29, 0.717) is 83.6 Å². The molecule has 0 N–H and O–H groups in total. The Labute approximate surface area is 311 Å². The van der Waals surface area contributed by atoms with Gasteiger partial charge in [-0.2, -0.15) is 0 Å². The van der Waals surface area contributed by atoms with Crippen molar-refractivity contribution < 1.29 is 47.7 Å². The molecule has 0 atom stereocenters. The van der Waals surface area contributed by atoms with Gasteiger partial charge < -0.3 is 18.9 Å². The lowest BCUT2D eigenvalue weighted by atomic mass is 9.78. The molecule has 2 aliphatic heterocycles. The Balaban J connectivity index is 1.01. The van der Waals surface area contributed by atoms with Crippen molar-refractivity contribution in [1.82, 2.24) is 9.80 Å². The predicted molar refractivity (Wildman–Crippen MR) is 196 cm³/mol. The Morgan fingerprint density at radius 3 is 1.53 bits per heavy atom. The second-order valence-corrected chi connectivity index (χ2v) is 13.4. The minimum absolute atomic E-state index is 0.0777. The number of unbranched alkanes of at least 4 members (excludes halogenated alkanes) is 4. The highest BCUT2D eigenvalue weighted by atomic mass is 16.6. The molecular formula is C41H50N2O10. The van der Waals surface area contributed by atoms with Crippen LogP contribution in [0.15, 0.2) is 72.8 Å². The van der Waals surface area contributed by atoms with Gasteiger partial charge in [-0.25, -0.2) is 0 Å². The molecule has 12 nitrogen and oxygen atoms in total. The van der Waals surface area contributed by atoms with Gasteiger partial charge in [-0.1, -0.05) is 63.1 Å². The van der Waals surface area contributed by atoms with E-state index < -0.39 is 0 Å². The van der Waals surface area contributed by atoms with Crippen molar-refractivity contribution in [1.29, 1.82) is 0 Å². The summed E-state index contributed by atoms with van der Waals surface area (Å²) in [7, 11) is 0. The summed E-state index contributed by atoms with van der Waals surface area (Å²) in [4.78, 5) is 73.3. The van der Waals surface area contributed by atoms with Gasteiger partial charge in [0.15, 0.2) is 5.78 Å². The van der Waals surface area contributed by atoms with Crippen molar-refractivity contribution in [2.75, 3.05) is 52.7 Å². The number of imide groups is 2. The maximum atomic E-state index is 12.7. The molecule has 12 heteroatoms. The number of nitrogens with zero attached hydrogens (tertiary/aromatic N) is 2. The smallest absolute Gasteiger partial charge is 0.305 e. The predicted octanol–water partition coefficient (Wildman–Crippen LogP) is 5.12. The summed E-state index contributed by atoms with van der Waals surface area (Å²) in [5.41, 5.74) is 2.57. The number of ether oxygens (including phenoxy) is 4. The summed E-state index contributed by atoms with van der Waals surface area (Å²) >= 11 is 0. The molecule has 0 bridgehead atoms. The highest BCUT2D eigenvalue weighted by molar-refractivity contribution is 6.13. The van der Waals surface area contributed by atoms with E-state index in [9.17, 15) is 28.8 Å². The summed E-state index contributed by atoms with van der Waals surface area (Å²) < 4.78 is 22.0. The van der Waals surface area contributed by atoms with Crippen LogP contribution in [0, 0.1) is 0 Å². The summed E-state index contributed by atoms with van der Waals surface area (Å²) in [6.45, 7) is 6.98. The zero-order valence-electron chi connectivity index (χ0n) is 30.7. The van der Waals surface area contributed by atoms with Gasteiger partial charge in [-0.05, 0) is 48.9 Å². The molecule has 2 aliphatic rings. The number of hydrogen-bond donors (Lipinski definition) is 0. The fraction of sp³-hybridized carbons (Fsp3) is 0.463. The second kappa shape index (κ2) is 20.9. The number of rotatable bonds is 25. The van der Waals surface area contributed by atoms with E-state index in [2.05, 4.69) is 13.8 Å². The molecule has 0 spiro atoms. The number of ketones is 1. The third kappa shape index (κ3) is 12.9. The molecule has 284 valence electrons. The van der Waals surface area contributed by atoms with Crippen LogP contribution in [0.25, 0.3) is 0 Å². The first-order valence-corrected chi connectivity index (χ1v) is 18.3. The number of esters is 1. The van der Waals surface area contributed by atoms with Crippen molar-refractivity contribution in [3.8, 4) is 5.75 Å². The van der Waals surface area contributed by atoms with Crippen LogP contribution in [0.1, 0.15) is 86.7 Å². The van der Waals surface area contributed by atoms with Crippen molar-refractivity contribution in [3.63, 3.8) is 0 Å². The van der Waals surface area contributed by atoms with Gasteiger partial charge in [-0.3, -0.25) is 38.6 Å². The molecular weight excluding hydrogens is 680 g/mol. The van der Waals surface area contributed by atoms with Crippen molar-refractivity contribution in [2.45, 2.75) is 70.6 Å². The highest BCUT2D eigenvalue weighted by Crippen LogP contribution is 2.32. The molecule has 0 unspecified atom stereocenters. The quantitative estimate of drug-likeness (QED) is 0.0584. The first-order valence-electron chi connectivity index (χ1n) is 18.3. The summed E-state index contributed by atoms with van der Waals surface area (Å²) in [5.74, 6) is -0.614. The third-order valence-electron chi connectivity index (χ3n) is 9.21. The molecule has 53 heavy (non-hydrogen) atoms. The zero-order valence-corrected chi connectivity index (χ0v) is 30.7. The number of carbonyl (C=O) groups excluding carboxylic acids is 6. The van der Waals surface area contributed by atoms with E-state index >= 15 is 0 Å². The first kappa shape index (κ1) is 40.8. The van der Waals surface area contributed by atoms with Gasteiger partial charge >= 0.3 is 5.97 Å². The first-order chi connectivity index (χ1) is 25.6. The maximum Gasteiger partial charge on any atom is 0.305 e. The van der Waals surface area contributed by atoms with E-state index in [0.717, 1.165) is 23.3 Å². The van der Waals surface area contributed by atoms with Gasteiger partial charge in [0.2, 0.25) is 0 Å². The molecule has 2 heterocycles. The van der Waals surface area contributed by atoms with Gasteiger partial charge in [0.05, 0.1) is 26.4 Å². The van der Waals surface area contributed by atoms with Crippen LogP contribution in [-0.2, 0) is 43.6 Å². The average Bonchev–Trinajstić information content (AvgIpc) is 3.65. The Bertz CT molecular complexity index is 1590. The second-order valence-electron chi connectivity index (χ2n) is 13.4. The SMILES string of the molecule is CC(C)(c1ccc(OCCOCCOCCOC(=O)CCCCCN2C(=O)C=CC2=O)cc1)c1ccc(C(=O)CCCCCN2C(=O)C=CC2=O)cc1. The van der Waals surface area contributed by atoms with Gasteiger partial charge in [0.25, 0.3) is 23.6 Å². The van der Waals surface area contributed by atoms with E-state index in [-0.39, 0.29) is 60.4 Å². The minimum Gasteiger partial charge on any atom is -0.491 e. The fourth-order valence-electron chi connectivity index (χ4n) is 5.93. The molecule has 0 aliphatic carbocycles. The molecule has 0 fully saturated rings. The number of carbonyl (C=O) groups is 6. The van der Waals surface area contributed by atoms with Gasteiger partial charge in [0, 0.05) is 61.2 Å². The number of Topliss-reactive ketones (excluding diaryl/α,β-unsaturated/α-hetero) is 1. The van der Waals surface area contributed by atoms with Crippen LogP contribution in [0.2, 0.25) is 0 Å². The topological polar surface area (TPSA) is 146 Å². The fourth-order valence-corrected chi connectivity index (χ4v) is 5.93. The summed E-state index contributed by atoms with van der Waals surface area (Å²) in [6, 6.07) is 15.7. The summed E-state index contributed by atoms with van der Waals surface area (Å²) in [6.07, 6.45) is 9.93. The number of hydrogen-bond acceptors (Lipinski definition) is 10. The summed E-state index contributed by atoms with van der Waals surface area (Å²) in [5, 5.41) is 0. The van der Waals surface area contributed by atoms with Crippen molar-refractivity contribution in [3.05, 3.63) is 89.5 Å². The van der Waals surface area contributed by atoms with Crippen molar-refractivity contribution in [2.24, 2.45) is 0 Å². The molecule has 0 saturated carbocycles. The molecule has 4 amide bonds. The Hall–Kier alpha value is -4.94. The number of benzene rings is 2. The molecule has 2 aromatic rings. The largest absolute Gasteiger partial charge is 0.491 e. The molecule has 0 saturated heterocycles. The standard InChI is InChI=1S/C41H50N2O10/c1-41(2,32-13-11-31(12-14-32)35(44)9-5-3-7-23-42-36(45)19-20-37(42)46)33-15-17-34(18-16-33)52-29-27-50-25-26-51-28-30-53-40(49)10-6-4-8-24-43-38(47)21-22-39(43)48/h11-22H,3-10,23-30H2,1-2H3. The van der Waals surface area contributed by atoms with Crippen LogP contribution in [0.4, 0.5) is 0 Å². The van der Waals surface area contributed by atoms with Gasteiger partial charge in [0.1, 0.15) is 19.0 Å². The van der Waals surface area contributed by atoms with Crippen LogP contribution in [0.3, 0.4) is 0 Å². The zero-order chi connectivity index (χ0) is 38.1. The third-order valence-corrected chi connectivity index (χ3v) is 9.21. The monoisotopic (exact) mass is 730 g/mol. The lowest BCUT2D eigenvalue weighted by molar-refractivity contribution is -0.145. The van der Waals surface area contributed by atoms with Crippen LogP contribution < -0.4 is 4.74 Å². The molecule has 0 aromatic heterocycles. The van der Waals surface area contributed by atoms with Crippen LogP contribution in [0.5, 0.6) is 5.75 Å². The molecule has 2 aromatic carbocycles. The Morgan fingerprint density at radius 1 is 0.547 bits per heavy atom. The van der Waals surface area contributed by atoms with E-state index in [1.807, 2.05) is 48.5 Å². The lowest BCUT2D eigenvalue weighted by Crippen LogP contribution is -2.30. The normalized spacial score (nSPS) is 14.2. The molecule has 0 radical (unpaired) electrons. The number of amides is 4. The maximum absolute atomic E-state index is 12.7. The lowest BCUT2D eigenvalue weighted by Gasteiger charge is -2.26. The van der Waals surface area contributed by atoms with E-state index in [4.69, 9.17) is 18.9 Å².